The van der Waals surface area contributed by atoms with Gasteiger partial charge >= 0.3 is 6.16 Å². The first kappa shape index (κ1) is 37.2. The molecule has 1 heterocycles. The highest BCUT2D eigenvalue weighted by Crippen LogP contribution is 2.32. The first-order valence-electron chi connectivity index (χ1n) is 12.0. The van der Waals surface area contributed by atoms with Gasteiger partial charge < -0.3 is 18.9 Å². The molecule has 2 amide bonds. The van der Waals surface area contributed by atoms with Crippen LogP contribution in [0.15, 0.2) is 10.2 Å². The van der Waals surface area contributed by atoms with Crippen molar-refractivity contribution in [2.45, 2.75) is 89.9 Å². The number of hydrogen-bond acceptors (Lipinski definition) is 12. The van der Waals surface area contributed by atoms with Gasteiger partial charge in [-0.1, -0.05) is 43.0 Å². The molecule has 6 atom stereocenters. The van der Waals surface area contributed by atoms with E-state index in [4.69, 9.17) is 15.8 Å². The summed E-state index contributed by atoms with van der Waals surface area (Å²) < 4.78 is 49.1. The number of aliphatic hydroxyl groups is 1. The van der Waals surface area contributed by atoms with E-state index in [1.165, 1.54) is 13.8 Å². The van der Waals surface area contributed by atoms with Gasteiger partial charge in [-0.25, -0.2) is 4.79 Å². The number of nitrogens with zero attached hydrogens (tertiary/aromatic N) is 7. The van der Waals surface area contributed by atoms with Crippen LogP contribution in [0.3, 0.4) is 0 Å². The number of aliphatic hydroxyl groups excluding tert-OH is 1. The number of azide groups is 2. The molecule has 6 unspecified atom stereocenters. The summed E-state index contributed by atoms with van der Waals surface area (Å²) in [7, 11) is 0. The Bertz CT molecular complexity index is 1030. The number of carbonyl (C=O) groups excluding carboxylic acids is 3. The van der Waals surface area contributed by atoms with Gasteiger partial charge in [-0.15, -0.1) is 0 Å². The monoisotopic (exact) mass is 609 g/mol. The maximum atomic E-state index is 11.9. The predicted octanol–water partition coefficient (Wildman–Crippen LogP) is 2.91. The first-order valence-corrected chi connectivity index (χ1v) is 14.3. The summed E-state index contributed by atoms with van der Waals surface area (Å²) in [6.45, 7) is 9.85. The van der Waals surface area contributed by atoms with Crippen molar-refractivity contribution < 1.29 is 46.6 Å². The molecule has 0 aromatic carbocycles. The highest BCUT2D eigenvalue weighted by molar-refractivity contribution is 7.80. The summed E-state index contributed by atoms with van der Waals surface area (Å²) in [4.78, 5) is 44.6. The molecule has 40 heavy (non-hydrogen) atoms. The average molecular weight is 610 g/mol. The molecule has 1 N–H and O–H groups in total. The molecular weight excluding hydrogens is 574 g/mol. The molecule has 0 saturated carbocycles. The third-order valence-electron chi connectivity index (χ3n) is 6.28. The molecule has 0 bridgehead atoms. The number of hydrogen-bond donors (Lipinski definition) is 1. The topological polar surface area (TPSA) is 271 Å². The van der Waals surface area contributed by atoms with E-state index >= 15 is 0 Å². The maximum absolute atomic E-state index is 11.9. The third kappa shape index (κ3) is 12.2. The minimum Gasteiger partial charge on any atom is -0.772 e. The Morgan fingerprint density at radius 2 is 1.40 bits per heavy atom. The van der Waals surface area contributed by atoms with Crippen LogP contribution in [0.2, 0.25) is 0 Å². The van der Waals surface area contributed by atoms with Crippen molar-refractivity contribution in [2.24, 2.45) is 21.1 Å². The highest BCUT2D eigenvalue weighted by atomic mass is 32.2. The molecule has 0 aliphatic carbocycles. The lowest BCUT2D eigenvalue weighted by Gasteiger charge is -2.37. The van der Waals surface area contributed by atoms with Gasteiger partial charge in [-0.2, -0.15) is 0 Å². The number of hydroxylamine groups is 2. The second-order valence-electron chi connectivity index (χ2n) is 10.2. The Hall–Kier alpha value is -2.79. The van der Waals surface area contributed by atoms with Crippen molar-refractivity contribution >= 4 is 40.1 Å². The van der Waals surface area contributed by atoms with Crippen molar-refractivity contribution in [3.63, 3.8) is 0 Å². The lowest BCUT2D eigenvalue weighted by Crippen LogP contribution is -2.45. The van der Waals surface area contributed by atoms with Gasteiger partial charge in [0.1, 0.15) is 6.10 Å². The van der Waals surface area contributed by atoms with E-state index in [9.17, 15) is 37.0 Å². The number of amides is 2. The van der Waals surface area contributed by atoms with E-state index in [-0.39, 0.29) is 32.4 Å². The van der Waals surface area contributed by atoms with Crippen molar-refractivity contribution in [1.29, 1.82) is 0 Å². The zero-order chi connectivity index (χ0) is 31.3. The molecule has 1 fully saturated rings. The van der Waals surface area contributed by atoms with Crippen molar-refractivity contribution in [2.75, 3.05) is 13.1 Å². The summed E-state index contributed by atoms with van der Waals surface area (Å²) in [6, 6.07) is 0. The fraction of sp³-hybridized carbons (Fsp3) is 0.857. The van der Waals surface area contributed by atoms with Gasteiger partial charge in [0, 0.05) is 46.4 Å². The summed E-state index contributed by atoms with van der Waals surface area (Å²) in [5, 5.41) is 14.9. The van der Waals surface area contributed by atoms with E-state index in [2.05, 4.69) is 24.9 Å². The van der Waals surface area contributed by atoms with E-state index in [1.54, 1.807) is 27.7 Å². The van der Waals surface area contributed by atoms with Crippen LogP contribution in [0.4, 0.5) is 4.79 Å². The normalized spacial score (nSPS) is 18.1. The summed E-state index contributed by atoms with van der Waals surface area (Å²) in [5.74, 6) is -1.36. The quantitative estimate of drug-likeness (QED) is 0.0750. The molecule has 228 valence electrons. The van der Waals surface area contributed by atoms with Gasteiger partial charge in [0.15, 0.2) is 0 Å². The van der Waals surface area contributed by atoms with Crippen LogP contribution in [0, 0.1) is 10.8 Å². The van der Waals surface area contributed by atoms with Gasteiger partial charge in [0.25, 0.3) is 11.8 Å². The standard InChI is InChI=1S/C13H20N4O7S.C8H17N3O3S/c1-8(25(21)22)11(13(2,3)6-7-15-16-14)23-12(20)24-17-9(18)4-5-10(17)19;1-6(15(13)14)7(12)8(2,3)4-5-10-11-9/h8,11H,4-7H2,1-3H3,(H,21,22);6-7,12H,4-5H2,1-3H3,(H,13,14)/p-2. The Morgan fingerprint density at radius 3 is 1.80 bits per heavy atom. The van der Waals surface area contributed by atoms with Crippen LogP contribution in [0.5, 0.6) is 0 Å². The zero-order valence-corrected chi connectivity index (χ0v) is 24.8. The van der Waals surface area contributed by atoms with Crippen molar-refractivity contribution in [1.82, 2.24) is 5.06 Å². The molecule has 0 aromatic heterocycles. The molecule has 17 nitrogen and oxygen atoms in total. The van der Waals surface area contributed by atoms with E-state index in [1.807, 2.05) is 0 Å². The van der Waals surface area contributed by atoms with Crippen LogP contribution in [0.1, 0.15) is 67.2 Å². The third-order valence-corrected chi connectivity index (χ3v) is 8.00. The number of imide groups is 1. The molecular formula is C21H35N7O10S2-2. The summed E-state index contributed by atoms with van der Waals surface area (Å²) >= 11 is -4.86. The largest absolute Gasteiger partial charge is 0.772 e. The van der Waals surface area contributed by atoms with E-state index in [0.29, 0.717) is 11.5 Å². The maximum Gasteiger partial charge on any atom is 0.534 e. The smallest absolute Gasteiger partial charge is 0.534 e. The number of carbonyl (C=O) groups is 3. The fourth-order valence-corrected chi connectivity index (χ4v) is 4.85. The second-order valence-corrected chi connectivity index (χ2v) is 12.8. The highest BCUT2D eigenvalue weighted by Gasteiger charge is 2.40. The average Bonchev–Trinajstić information content (AvgIpc) is 3.18. The molecule has 1 aliphatic rings. The van der Waals surface area contributed by atoms with Crippen molar-refractivity contribution in [3.05, 3.63) is 20.9 Å². The second kappa shape index (κ2) is 17.1. The molecule has 1 saturated heterocycles. The first-order chi connectivity index (χ1) is 18.4. The summed E-state index contributed by atoms with van der Waals surface area (Å²) in [6.07, 6.45) is -2.95. The van der Waals surface area contributed by atoms with E-state index < -0.39 is 73.7 Å². The lowest BCUT2D eigenvalue weighted by molar-refractivity contribution is -0.180. The Labute approximate surface area is 236 Å². The molecule has 0 radical (unpaired) electrons. The number of ether oxygens (including phenoxy) is 1. The Morgan fingerprint density at radius 1 is 0.975 bits per heavy atom. The van der Waals surface area contributed by atoms with E-state index in [0.717, 1.165) is 0 Å². The van der Waals surface area contributed by atoms with Crippen LogP contribution >= 0.6 is 0 Å². The van der Waals surface area contributed by atoms with Crippen molar-refractivity contribution in [3.8, 4) is 0 Å². The Kier molecular flexibility index (Phi) is 15.9. The van der Waals surface area contributed by atoms with Gasteiger partial charge in [0.05, 0.1) is 11.4 Å². The predicted molar refractivity (Wildman–Crippen MR) is 140 cm³/mol. The molecule has 19 heteroatoms. The number of rotatable bonds is 14. The van der Waals surface area contributed by atoms with Crippen LogP contribution in [0.25, 0.3) is 20.9 Å². The van der Waals surface area contributed by atoms with Gasteiger partial charge in [-0.3, -0.25) is 22.8 Å². The fourth-order valence-electron chi connectivity index (χ4n) is 3.65. The van der Waals surface area contributed by atoms with Crippen LogP contribution < -0.4 is 0 Å². The molecule has 0 aromatic rings. The molecule has 1 rings (SSSR count). The SMILES string of the molecule is CC(C(O)C(C)(C)CCN=[N+]=[N-])S(=O)[O-].CC(C(OC(=O)ON1C(=O)CCC1=O)C(C)(C)CCN=[N+]=[N-])S(=O)[O-]. The van der Waals surface area contributed by atoms with Crippen LogP contribution in [-0.4, -0.2) is 81.5 Å². The molecule has 0 spiro atoms. The minimum atomic E-state index is -2.56. The zero-order valence-electron chi connectivity index (χ0n) is 23.1. The summed E-state index contributed by atoms with van der Waals surface area (Å²) in [5.41, 5.74) is 15.0. The van der Waals surface area contributed by atoms with Crippen LogP contribution in [-0.2, 0) is 41.3 Å². The molecule has 1 aliphatic heterocycles. The van der Waals surface area contributed by atoms with Gasteiger partial charge in [0.2, 0.25) is 0 Å². The minimum absolute atomic E-state index is 0.0692. The van der Waals surface area contributed by atoms with Gasteiger partial charge in [-0.05, 0) is 65.3 Å². The Balaban J connectivity index is 0.000000868. The lowest BCUT2D eigenvalue weighted by atomic mass is 9.81.